The largest absolute Gasteiger partial charge is 0.0622 e. The van der Waals surface area contributed by atoms with Crippen molar-refractivity contribution < 1.29 is 0 Å². The number of hydrogen-bond acceptors (Lipinski definition) is 0. The highest BCUT2D eigenvalue weighted by atomic mass is 14.2. The molecule has 0 saturated heterocycles. The van der Waals surface area contributed by atoms with Crippen LogP contribution in [0.5, 0.6) is 0 Å². The molecule has 0 atom stereocenters. The molecule has 0 fully saturated rings. The molecule has 0 heterocycles. The van der Waals surface area contributed by atoms with E-state index in [1.54, 1.807) is 0 Å². The van der Waals surface area contributed by atoms with Gasteiger partial charge in [0.2, 0.25) is 0 Å². The summed E-state index contributed by atoms with van der Waals surface area (Å²) in [5, 5.41) is 2.62. The molecule has 0 spiro atoms. The lowest BCUT2D eigenvalue weighted by Gasteiger charge is -2.20. The van der Waals surface area contributed by atoms with Crippen LogP contribution in [0.25, 0.3) is 44.2 Å². The monoisotopic (exact) mass is 398 g/mol. The molecular weight excluding hydrogens is 372 g/mol. The normalized spacial score (nSPS) is 11.2. The van der Waals surface area contributed by atoms with Crippen molar-refractivity contribution in [2.45, 2.75) is 19.8 Å². The van der Waals surface area contributed by atoms with Crippen LogP contribution in [-0.2, 0) is 0 Å². The molecule has 0 unspecified atom stereocenters. The molecule has 0 N–H and O–H groups in total. The van der Waals surface area contributed by atoms with E-state index in [1.807, 2.05) is 0 Å². The topological polar surface area (TPSA) is 0 Å². The van der Waals surface area contributed by atoms with E-state index in [9.17, 15) is 0 Å². The average Bonchev–Trinajstić information content (AvgIpc) is 2.84. The number of benzene rings is 5. The second-order valence-electron chi connectivity index (χ2n) is 8.37. The summed E-state index contributed by atoms with van der Waals surface area (Å²) in [6, 6.07) is 41.6. The number of rotatable bonds is 4. The first kappa shape index (κ1) is 19.3. The van der Waals surface area contributed by atoms with Gasteiger partial charge in [0.25, 0.3) is 0 Å². The van der Waals surface area contributed by atoms with Crippen molar-refractivity contribution in [1.29, 1.82) is 0 Å². The average molecular weight is 399 g/mol. The minimum Gasteiger partial charge on any atom is -0.0622 e. The Morgan fingerprint density at radius 3 is 1.42 bits per heavy atom. The van der Waals surface area contributed by atoms with E-state index in [0.29, 0.717) is 5.92 Å². The zero-order valence-electron chi connectivity index (χ0n) is 18.0. The van der Waals surface area contributed by atoms with Crippen molar-refractivity contribution in [3.05, 3.63) is 121 Å². The van der Waals surface area contributed by atoms with Gasteiger partial charge in [-0.2, -0.15) is 0 Å². The molecule has 0 nitrogen and oxygen atoms in total. The lowest BCUT2D eigenvalue weighted by Crippen LogP contribution is -1.96. The van der Waals surface area contributed by atoms with Crippen LogP contribution >= 0.6 is 0 Å². The predicted octanol–water partition coefficient (Wildman–Crippen LogP) is 8.96. The molecule has 150 valence electrons. The second-order valence-corrected chi connectivity index (χ2v) is 8.37. The minimum atomic E-state index is 0.452. The van der Waals surface area contributed by atoms with Gasteiger partial charge in [-0.1, -0.05) is 129 Å². The summed E-state index contributed by atoms with van der Waals surface area (Å²) >= 11 is 0. The standard InChI is InChI=1S/C31H26/c1-22(2)26-18-20-29-28(30(26)24-14-8-4-9-15-24)21-19-27(23-12-6-3-7-13-23)31(29)25-16-10-5-11-17-25/h3-22H,1-2H3. The van der Waals surface area contributed by atoms with E-state index in [0.717, 1.165) is 0 Å². The number of fused-ring (bicyclic) bond motifs is 1. The van der Waals surface area contributed by atoms with Gasteiger partial charge in [-0.25, -0.2) is 0 Å². The van der Waals surface area contributed by atoms with Gasteiger partial charge in [0.1, 0.15) is 0 Å². The Bertz CT molecular complexity index is 1310. The van der Waals surface area contributed by atoms with E-state index in [2.05, 4.69) is 129 Å². The first-order valence-electron chi connectivity index (χ1n) is 11.0. The van der Waals surface area contributed by atoms with Crippen molar-refractivity contribution in [3.8, 4) is 33.4 Å². The molecule has 0 heteroatoms. The van der Waals surface area contributed by atoms with Gasteiger partial charge in [0.05, 0.1) is 0 Å². The summed E-state index contributed by atoms with van der Waals surface area (Å²) < 4.78 is 0. The van der Waals surface area contributed by atoms with Crippen molar-refractivity contribution in [3.63, 3.8) is 0 Å². The lowest BCUT2D eigenvalue weighted by molar-refractivity contribution is 0.871. The molecule has 0 saturated carbocycles. The smallest absolute Gasteiger partial charge is 0.00266 e. The zero-order valence-corrected chi connectivity index (χ0v) is 18.0. The van der Waals surface area contributed by atoms with Crippen molar-refractivity contribution in [1.82, 2.24) is 0 Å². The molecular formula is C31H26. The highest BCUT2D eigenvalue weighted by Gasteiger charge is 2.17. The Labute approximate surface area is 184 Å². The van der Waals surface area contributed by atoms with Crippen molar-refractivity contribution >= 4 is 10.8 Å². The summed E-state index contributed by atoms with van der Waals surface area (Å²) in [4.78, 5) is 0. The molecule has 5 rings (SSSR count). The Kier molecular flexibility index (Phi) is 5.14. The predicted molar refractivity (Wildman–Crippen MR) is 134 cm³/mol. The first-order valence-corrected chi connectivity index (χ1v) is 11.0. The SMILES string of the molecule is CC(C)c1ccc2c(-c3ccccc3)c(-c3ccccc3)ccc2c1-c1ccccc1. The molecule has 0 aliphatic rings. The zero-order chi connectivity index (χ0) is 21.2. The Morgan fingerprint density at radius 1 is 0.419 bits per heavy atom. The lowest BCUT2D eigenvalue weighted by atomic mass is 9.83. The maximum atomic E-state index is 2.33. The molecule has 0 amide bonds. The third kappa shape index (κ3) is 3.55. The van der Waals surface area contributed by atoms with Gasteiger partial charge < -0.3 is 0 Å². The summed E-state index contributed by atoms with van der Waals surface area (Å²) in [6.07, 6.45) is 0. The third-order valence-electron chi connectivity index (χ3n) is 6.06. The fourth-order valence-corrected chi connectivity index (χ4v) is 4.60. The molecule has 0 aromatic heterocycles. The van der Waals surface area contributed by atoms with Gasteiger partial charge in [-0.15, -0.1) is 0 Å². The molecule has 0 aliphatic heterocycles. The van der Waals surface area contributed by atoms with Crippen LogP contribution in [0.1, 0.15) is 25.3 Å². The molecule has 31 heavy (non-hydrogen) atoms. The van der Waals surface area contributed by atoms with Crippen LogP contribution in [-0.4, -0.2) is 0 Å². The van der Waals surface area contributed by atoms with Crippen molar-refractivity contribution in [2.75, 3.05) is 0 Å². The minimum absolute atomic E-state index is 0.452. The Balaban J connectivity index is 1.91. The van der Waals surface area contributed by atoms with Crippen LogP contribution < -0.4 is 0 Å². The van der Waals surface area contributed by atoms with Crippen LogP contribution in [0.4, 0.5) is 0 Å². The molecule has 0 bridgehead atoms. The summed E-state index contributed by atoms with van der Waals surface area (Å²) in [6.45, 7) is 4.56. The van der Waals surface area contributed by atoms with Crippen LogP contribution in [0, 0.1) is 0 Å². The molecule has 0 aliphatic carbocycles. The Hall–Kier alpha value is -3.64. The van der Waals surface area contributed by atoms with E-state index in [4.69, 9.17) is 0 Å². The van der Waals surface area contributed by atoms with Crippen LogP contribution in [0.2, 0.25) is 0 Å². The highest BCUT2D eigenvalue weighted by Crippen LogP contribution is 2.43. The van der Waals surface area contributed by atoms with Gasteiger partial charge in [-0.05, 0) is 55.6 Å². The van der Waals surface area contributed by atoms with Crippen molar-refractivity contribution in [2.24, 2.45) is 0 Å². The van der Waals surface area contributed by atoms with Crippen LogP contribution in [0.3, 0.4) is 0 Å². The highest BCUT2D eigenvalue weighted by molar-refractivity contribution is 6.10. The fraction of sp³-hybridized carbons (Fsp3) is 0.0968. The van der Waals surface area contributed by atoms with Gasteiger partial charge in [0.15, 0.2) is 0 Å². The maximum absolute atomic E-state index is 2.33. The first-order chi connectivity index (χ1) is 15.2. The second kappa shape index (κ2) is 8.24. The van der Waals surface area contributed by atoms with Gasteiger partial charge >= 0.3 is 0 Å². The quantitative estimate of drug-likeness (QED) is 0.283. The summed E-state index contributed by atoms with van der Waals surface area (Å²) in [7, 11) is 0. The fourth-order valence-electron chi connectivity index (χ4n) is 4.60. The summed E-state index contributed by atoms with van der Waals surface area (Å²) in [5.74, 6) is 0.452. The summed E-state index contributed by atoms with van der Waals surface area (Å²) in [5.41, 5.74) is 9.10. The van der Waals surface area contributed by atoms with Crippen LogP contribution in [0.15, 0.2) is 115 Å². The maximum Gasteiger partial charge on any atom is -0.00266 e. The van der Waals surface area contributed by atoms with Gasteiger partial charge in [0, 0.05) is 0 Å². The van der Waals surface area contributed by atoms with E-state index < -0.39 is 0 Å². The Morgan fingerprint density at radius 2 is 0.871 bits per heavy atom. The number of hydrogen-bond donors (Lipinski definition) is 0. The third-order valence-corrected chi connectivity index (χ3v) is 6.06. The van der Waals surface area contributed by atoms with E-state index >= 15 is 0 Å². The molecule has 5 aromatic carbocycles. The molecule has 5 aromatic rings. The van der Waals surface area contributed by atoms with E-state index in [1.165, 1.54) is 49.7 Å². The molecule has 0 radical (unpaired) electrons. The van der Waals surface area contributed by atoms with Gasteiger partial charge in [-0.3, -0.25) is 0 Å². The van der Waals surface area contributed by atoms with E-state index in [-0.39, 0.29) is 0 Å².